The van der Waals surface area contributed by atoms with Gasteiger partial charge in [0.05, 0.1) is 0 Å². The number of primary amides is 1. The highest BCUT2D eigenvalue weighted by molar-refractivity contribution is 6.30. The minimum absolute atomic E-state index is 0.113. The maximum Gasteiger partial charge on any atom is 0.267 e. The van der Waals surface area contributed by atoms with E-state index in [2.05, 4.69) is 4.98 Å². The number of aryl methyl sites for hydroxylation is 1. The smallest absolute Gasteiger partial charge is 0.267 e. The van der Waals surface area contributed by atoms with E-state index < -0.39 is 11.7 Å². The average Bonchev–Trinajstić information content (AvgIpc) is 2.47. The Kier molecular flexibility index (Phi) is 5.11. The number of aromatic nitrogens is 1. The van der Waals surface area contributed by atoms with Crippen LogP contribution in [0.1, 0.15) is 28.7 Å². The molecule has 1 aromatic heterocycles. The van der Waals surface area contributed by atoms with Gasteiger partial charge >= 0.3 is 0 Å². The van der Waals surface area contributed by atoms with Gasteiger partial charge < -0.3 is 11.5 Å². The zero-order valence-electron chi connectivity index (χ0n) is 12.2. The normalized spacial score (nSPS) is 10.7. The van der Waals surface area contributed by atoms with Crippen molar-refractivity contribution in [2.45, 2.75) is 19.8 Å². The van der Waals surface area contributed by atoms with Crippen molar-refractivity contribution < 1.29 is 9.18 Å². The third-order valence-electron chi connectivity index (χ3n) is 3.41. The largest absolute Gasteiger partial charge is 0.364 e. The van der Waals surface area contributed by atoms with Crippen LogP contribution in [0.3, 0.4) is 0 Å². The standard InChI is InChI=1S/C16H17ClFN3O/c1-2-14-11(5-6-19)12(8-15(21-14)16(20)22)10-4-3-9(17)7-13(10)18/h3-4,7-8H,2,5-6,19H2,1H3,(H2,20,22). The summed E-state index contributed by atoms with van der Waals surface area (Å²) in [4.78, 5) is 15.7. The minimum Gasteiger partial charge on any atom is -0.364 e. The molecule has 0 saturated carbocycles. The molecule has 6 heteroatoms. The van der Waals surface area contributed by atoms with Gasteiger partial charge in [0.15, 0.2) is 0 Å². The second kappa shape index (κ2) is 6.85. The number of amides is 1. The molecule has 22 heavy (non-hydrogen) atoms. The van der Waals surface area contributed by atoms with E-state index in [1.807, 2.05) is 6.92 Å². The average molecular weight is 322 g/mol. The predicted molar refractivity (Wildman–Crippen MR) is 85.3 cm³/mol. The highest BCUT2D eigenvalue weighted by Crippen LogP contribution is 2.31. The van der Waals surface area contributed by atoms with Crippen LogP contribution in [-0.4, -0.2) is 17.4 Å². The maximum atomic E-state index is 14.3. The Balaban J connectivity index is 2.75. The molecule has 0 bridgehead atoms. The van der Waals surface area contributed by atoms with Crippen molar-refractivity contribution in [3.63, 3.8) is 0 Å². The molecule has 1 aromatic carbocycles. The van der Waals surface area contributed by atoms with Crippen molar-refractivity contribution >= 4 is 17.5 Å². The van der Waals surface area contributed by atoms with E-state index in [-0.39, 0.29) is 5.69 Å². The Morgan fingerprint density at radius 2 is 2.05 bits per heavy atom. The molecule has 0 fully saturated rings. The van der Waals surface area contributed by atoms with Crippen molar-refractivity contribution in [2.75, 3.05) is 6.54 Å². The first-order valence-electron chi connectivity index (χ1n) is 6.96. The van der Waals surface area contributed by atoms with E-state index in [0.29, 0.717) is 41.2 Å². The monoisotopic (exact) mass is 321 g/mol. The lowest BCUT2D eigenvalue weighted by Crippen LogP contribution is -2.17. The van der Waals surface area contributed by atoms with Crippen molar-refractivity contribution in [3.05, 3.63) is 52.1 Å². The molecule has 4 nitrogen and oxygen atoms in total. The summed E-state index contributed by atoms with van der Waals surface area (Å²) in [5.41, 5.74) is 13.6. The van der Waals surface area contributed by atoms with Crippen LogP contribution in [-0.2, 0) is 12.8 Å². The quantitative estimate of drug-likeness (QED) is 0.888. The van der Waals surface area contributed by atoms with Gasteiger partial charge in [-0.15, -0.1) is 0 Å². The lowest BCUT2D eigenvalue weighted by molar-refractivity contribution is 0.0995. The third-order valence-corrected chi connectivity index (χ3v) is 3.65. The molecule has 0 saturated heterocycles. The summed E-state index contributed by atoms with van der Waals surface area (Å²) in [7, 11) is 0. The topological polar surface area (TPSA) is 82.0 Å². The number of nitrogens with two attached hydrogens (primary N) is 2. The SMILES string of the molecule is CCc1nc(C(N)=O)cc(-c2ccc(Cl)cc2F)c1CCN. The summed E-state index contributed by atoms with van der Waals surface area (Å²) in [5, 5.41) is 0.307. The van der Waals surface area contributed by atoms with Crippen LogP contribution < -0.4 is 11.5 Å². The first-order chi connectivity index (χ1) is 10.5. The molecule has 0 spiro atoms. The van der Waals surface area contributed by atoms with Crippen LogP contribution in [0, 0.1) is 5.82 Å². The van der Waals surface area contributed by atoms with Crippen LogP contribution >= 0.6 is 11.6 Å². The molecule has 1 heterocycles. The zero-order chi connectivity index (χ0) is 16.3. The highest BCUT2D eigenvalue weighted by atomic mass is 35.5. The molecule has 0 aliphatic rings. The lowest BCUT2D eigenvalue weighted by Gasteiger charge is -2.15. The number of hydrogen-bond donors (Lipinski definition) is 2. The van der Waals surface area contributed by atoms with Gasteiger partial charge in [0.1, 0.15) is 11.5 Å². The van der Waals surface area contributed by atoms with Crippen molar-refractivity contribution in [3.8, 4) is 11.1 Å². The second-order valence-electron chi connectivity index (χ2n) is 4.86. The molecule has 116 valence electrons. The first-order valence-corrected chi connectivity index (χ1v) is 7.33. The van der Waals surface area contributed by atoms with Gasteiger partial charge in [-0.05, 0) is 54.8 Å². The van der Waals surface area contributed by atoms with Crippen LogP contribution in [0.25, 0.3) is 11.1 Å². The molecular weight excluding hydrogens is 305 g/mol. The van der Waals surface area contributed by atoms with E-state index in [4.69, 9.17) is 23.1 Å². The molecule has 0 aliphatic heterocycles. The maximum absolute atomic E-state index is 14.3. The van der Waals surface area contributed by atoms with Gasteiger partial charge in [-0.1, -0.05) is 18.5 Å². The summed E-state index contributed by atoms with van der Waals surface area (Å²) in [6.07, 6.45) is 1.13. The number of halogens is 2. The molecule has 0 aliphatic carbocycles. The van der Waals surface area contributed by atoms with Crippen LogP contribution in [0.4, 0.5) is 4.39 Å². The van der Waals surface area contributed by atoms with Gasteiger partial charge in [0.2, 0.25) is 0 Å². The van der Waals surface area contributed by atoms with E-state index in [0.717, 1.165) is 5.56 Å². The number of rotatable bonds is 5. The van der Waals surface area contributed by atoms with Gasteiger partial charge in [0.25, 0.3) is 5.91 Å². The fraction of sp³-hybridized carbons (Fsp3) is 0.250. The first kappa shape index (κ1) is 16.4. The van der Waals surface area contributed by atoms with Crippen LogP contribution in [0.15, 0.2) is 24.3 Å². The Morgan fingerprint density at radius 1 is 1.32 bits per heavy atom. The number of carbonyl (C=O) groups excluding carboxylic acids is 1. The number of carbonyl (C=O) groups is 1. The fourth-order valence-corrected chi connectivity index (χ4v) is 2.57. The molecule has 0 unspecified atom stereocenters. The molecule has 0 radical (unpaired) electrons. The number of pyridine rings is 1. The summed E-state index contributed by atoms with van der Waals surface area (Å²) in [5.74, 6) is -1.11. The van der Waals surface area contributed by atoms with Gasteiger partial charge in [-0.25, -0.2) is 9.37 Å². The summed E-state index contributed by atoms with van der Waals surface area (Å²) >= 11 is 5.80. The van der Waals surface area contributed by atoms with Gasteiger partial charge in [-0.2, -0.15) is 0 Å². The van der Waals surface area contributed by atoms with Crippen LogP contribution in [0.5, 0.6) is 0 Å². The molecule has 2 rings (SSSR count). The Morgan fingerprint density at radius 3 is 2.59 bits per heavy atom. The highest BCUT2D eigenvalue weighted by Gasteiger charge is 2.17. The third kappa shape index (κ3) is 3.26. The molecule has 2 aromatic rings. The van der Waals surface area contributed by atoms with Crippen LogP contribution in [0.2, 0.25) is 5.02 Å². The van der Waals surface area contributed by atoms with E-state index in [9.17, 15) is 9.18 Å². The lowest BCUT2D eigenvalue weighted by atomic mass is 9.94. The van der Waals surface area contributed by atoms with Gasteiger partial charge in [-0.3, -0.25) is 4.79 Å². The van der Waals surface area contributed by atoms with Crippen molar-refractivity contribution in [1.82, 2.24) is 4.98 Å². The minimum atomic E-state index is -0.648. The Hall–Kier alpha value is -1.98. The van der Waals surface area contributed by atoms with Crippen molar-refractivity contribution in [2.24, 2.45) is 11.5 Å². The van der Waals surface area contributed by atoms with E-state index in [1.54, 1.807) is 12.1 Å². The van der Waals surface area contributed by atoms with Crippen molar-refractivity contribution in [1.29, 1.82) is 0 Å². The number of hydrogen-bond acceptors (Lipinski definition) is 3. The summed E-state index contributed by atoms with van der Waals surface area (Å²) in [6.45, 7) is 2.31. The summed E-state index contributed by atoms with van der Waals surface area (Å²) < 4.78 is 14.3. The number of nitrogens with zero attached hydrogens (tertiary/aromatic N) is 1. The fourth-order valence-electron chi connectivity index (χ4n) is 2.41. The molecular formula is C16H17ClFN3O. The van der Waals surface area contributed by atoms with Gasteiger partial charge in [0, 0.05) is 16.3 Å². The zero-order valence-corrected chi connectivity index (χ0v) is 13.0. The Labute approximate surface area is 133 Å². The second-order valence-corrected chi connectivity index (χ2v) is 5.30. The molecule has 0 atom stereocenters. The number of benzene rings is 1. The predicted octanol–water partition coefficient (Wildman–Crippen LogP) is 2.70. The summed E-state index contributed by atoms with van der Waals surface area (Å²) in [6, 6.07) is 5.93. The Bertz CT molecular complexity index is 719. The molecule has 1 amide bonds. The van der Waals surface area contributed by atoms with E-state index in [1.165, 1.54) is 12.1 Å². The van der Waals surface area contributed by atoms with E-state index >= 15 is 0 Å². The molecule has 4 N–H and O–H groups in total.